The van der Waals surface area contributed by atoms with Gasteiger partial charge in [-0.1, -0.05) is 95.2 Å². The van der Waals surface area contributed by atoms with Crippen molar-refractivity contribution in [3.8, 4) is 0 Å². The number of allylic oxidation sites excluding steroid dienone is 1. The molecule has 0 aromatic carbocycles. The van der Waals surface area contributed by atoms with E-state index in [1.807, 2.05) is 0 Å². The lowest BCUT2D eigenvalue weighted by molar-refractivity contribution is 0.316. The van der Waals surface area contributed by atoms with Crippen LogP contribution in [0.1, 0.15) is 103 Å². The van der Waals surface area contributed by atoms with Crippen LogP contribution < -0.4 is 0 Å². The maximum Gasteiger partial charge on any atom is 0.0608 e. The highest BCUT2D eigenvalue weighted by molar-refractivity contribution is 5.85. The quantitative estimate of drug-likeness (QED) is 0.109. The molecule has 0 fully saturated rings. The molecule has 0 aliphatic heterocycles. The van der Waals surface area contributed by atoms with E-state index in [4.69, 9.17) is 5.21 Å². The molecule has 0 bridgehead atoms. The molecule has 2 heteroatoms. The van der Waals surface area contributed by atoms with Crippen LogP contribution in [0.3, 0.4) is 0 Å². The van der Waals surface area contributed by atoms with Gasteiger partial charge in [0.15, 0.2) is 0 Å². The summed E-state index contributed by atoms with van der Waals surface area (Å²) in [5.41, 5.74) is 0.869. The van der Waals surface area contributed by atoms with E-state index in [9.17, 15) is 0 Å². The zero-order valence-corrected chi connectivity index (χ0v) is 14.3. The predicted octanol–water partition coefficient (Wildman–Crippen LogP) is 6.87. The zero-order valence-electron chi connectivity index (χ0n) is 14.3. The van der Waals surface area contributed by atoms with Crippen LogP contribution >= 0.6 is 0 Å². The number of rotatable bonds is 16. The van der Waals surface area contributed by atoms with Gasteiger partial charge in [0.05, 0.1) is 5.71 Å². The molecule has 0 aromatic heterocycles. The lowest BCUT2D eigenvalue weighted by atomic mass is 10.0. The number of hydrogen-bond acceptors (Lipinski definition) is 2. The van der Waals surface area contributed by atoms with Crippen molar-refractivity contribution in [1.29, 1.82) is 0 Å². The summed E-state index contributed by atoms with van der Waals surface area (Å²) in [6.07, 6.45) is 21.2. The average molecular weight is 296 g/mol. The number of unbranched alkanes of at least 4 members (excludes halogenated alkanes) is 12. The Morgan fingerprint density at radius 1 is 0.810 bits per heavy atom. The topological polar surface area (TPSA) is 32.6 Å². The van der Waals surface area contributed by atoms with Crippen molar-refractivity contribution in [1.82, 2.24) is 0 Å². The molecule has 0 spiro atoms. The molecule has 0 aromatic rings. The standard InChI is InChI=1S/C19H37NO/c1-3-5-6-7-8-9-10-11-12-13-14-15-16-18-19(20-21)17-4-2/h4,21H,2-3,5-18H2,1H3. The average Bonchev–Trinajstić information content (AvgIpc) is 2.50. The van der Waals surface area contributed by atoms with Crippen LogP contribution in [-0.4, -0.2) is 10.9 Å². The molecule has 0 saturated carbocycles. The highest BCUT2D eigenvalue weighted by Crippen LogP contribution is 2.13. The Balaban J connectivity index is 3.13. The van der Waals surface area contributed by atoms with Gasteiger partial charge < -0.3 is 5.21 Å². The van der Waals surface area contributed by atoms with Gasteiger partial charge in [-0.15, -0.1) is 6.58 Å². The summed E-state index contributed by atoms with van der Waals surface area (Å²) in [6, 6.07) is 0. The van der Waals surface area contributed by atoms with Gasteiger partial charge in [0, 0.05) is 6.42 Å². The van der Waals surface area contributed by atoms with Crippen LogP contribution in [0.25, 0.3) is 0 Å². The molecular formula is C19H37NO. The third-order valence-electron chi connectivity index (χ3n) is 4.09. The van der Waals surface area contributed by atoms with Gasteiger partial charge in [-0.05, 0) is 12.8 Å². The third-order valence-corrected chi connectivity index (χ3v) is 4.09. The molecule has 0 aliphatic rings. The Labute approximate surface area is 132 Å². The fourth-order valence-corrected chi connectivity index (χ4v) is 2.71. The molecular weight excluding hydrogens is 258 g/mol. The van der Waals surface area contributed by atoms with Crippen LogP contribution in [-0.2, 0) is 0 Å². The van der Waals surface area contributed by atoms with E-state index in [2.05, 4.69) is 18.7 Å². The van der Waals surface area contributed by atoms with Crippen molar-refractivity contribution in [2.75, 3.05) is 0 Å². The van der Waals surface area contributed by atoms with E-state index < -0.39 is 0 Å². The summed E-state index contributed by atoms with van der Waals surface area (Å²) in [4.78, 5) is 0. The van der Waals surface area contributed by atoms with Crippen molar-refractivity contribution in [2.45, 2.75) is 103 Å². The minimum Gasteiger partial charge on any atom is -0.411 e. The molecule has 1 N–H and O–H groups in total. The van der Waals surface area contributed by atoms with Crippen LogP contribution in [0, 0.1) is 0 Å². The summed E-state index contributed by atoms with van der Waals surface area (Å²) < 4.78 is 0. The Morgan fingerprint density at radius 3 is 1.62 bits per heavy atom. The minimum atomic E-state index is 0.717. The Kier molecular flexibility index (Phi) is 16.6. The Hall–Kier alpha value is -0.790. The largest absolute Gasteiger partial charge is 0.411 e. The fourth-order valence-electron chi connectivity index (χ4n) is 2.71. The van der Waals surface area contributed by atoms with Crippen LogP contribution in [0.5, 0.6) is 0 Å². The first-order chi connectivity index (χ1) is 10.3. The molecule has 0 amide bonds. The third kappa shape index (κ3) is 15.4. The van der Waals surface area contributed by atoms with Crippen molar-refractivity contribution in [3.63, 3.8) is 0 Å². The van der Waals surface area contributed by atoms with Gasteiger partial charge in [0.25, 0.3) is 0 Å². The molecule has 0 saturated heterocycles. The molecule has 0 radical (unpaired) electrons. The van der Waals surface area contributed by atoms with E-state index in [0.29, 0.717) is 0 Å². The molecule has 21 heavy (non-hydrogen) atoms. The predicted molar refractivity (Wildman–Crippen MR) is 94.3 cm³/mol. The maximum absolute atomic E-state index is 8.79. The molecule has 0 aliphatic carbocycles. The summed E-state index contributed by atoms with van der Waals surface area (Å²) in [5, 5.41) is 12.1. The second-order valence-corrected chi connectivity index (χ2v) is 6.15. The van der Waals surface area contributed by atoms with E-state index in [1.54, 1.807) is 6.08 Å². The van der Waals surface area contributed by atoms with Gasteiger partial charge in [-0.25, -0.2) is 0 Å². The zero-order chi connectivity index (χ0) is 15.6. The van der Waals surface area contributed by atoms with Crippen molar-refractivity contribution < 1.29 is 5.21 Å². The van der Waals surface area contributed by atoms with Crippen LogP contribution in [0.15, 0.2) is 17.8 Å². The molecule has 0 atom stereocenters. The Morgan fingerprint density at radius 2 is 1.24 bits per heavy atom. The first-order valence-corrected chi connectivity index (χ1v) is 9.15. The Bertz CT molecular complexity index is 248. The van der Waals surface area contributed by atoms with Crippen molar-refractivity contribution in [2.24, 2.45) is 5.16 Å². The summed E-state index contributed by atoms with van der Waals surface area (Å²) in [7, 11) is 0. The summed E-state index contributed by atoms with van der Waals surface area (Å²) in [5.74, 6) is 0. The summed E-state index contributed by atoms with van der Waals surface area (Å²) in [6.45, 7) is 5.95. The van der Waals surface area contributed by atoms with Gasteiger partial charge in [-0.3, -0.25) is 0 Å². The molecule has 0 rings (SSSR count). The highest BCUT2D eigenvalue weighted by atomic mass is 16.4. The van der Waals surface area contributed by atoms with Crippen molar-refractivity contribution >= 4 is 5.71 Å². The fraction of sp³-hybridized carbons (Fsp3) is 0.842. The van der Waals surface area contributed by atoms with Gasteiger partial charge >= 0.3 is 0 Å². The summed E-state index contributed by atoms with van der Waals surface area (Å²) >= 11 is 0. The lowest BCUT2D eigenvalue weighted by Crippen LogP contribution is -1.96. The number of hydrogen-bond donors (Lipinski definition) is 1. The number of nitrogens with zero attached hydrogens (tertiary/aromatic N) is 1. The van der Waals surface area contributed by atoms with Crippen LogP contribution in [0.4, 0.5) is 0 Å². The van der Waals surface area contributed by atoms with E-state index in [0.717, 1.165) is 25.0 Å². The highest BCUT2D eigenvalue weighted by Gasteiger charge is 1.98. The second kappa shape index (κ2) is 17.3. The van der Waals surface area contributed by atoms with Crippen molar-refractivity contribution in [3.05, 3.63) is 12.7 Å². The van der Waals surface area contributed by atoms with Crippen LogP contribution in [0.2, 0.25) is 0 Å². The van der Waals surface area contributed by atoms with E-state index in [-0.39, 0.29) is 0 Å². The minimum absolute atomic E-state index is 0.717. The first kappa shape index (κ1) is 20.2. The SMILES string of the molecule is C=CCC(CCCCCCCCCCCCCCC)=NO. The molecule has 0 heterocycles. The first-order valence-electron chi connectivity index (χ1n) is 9.15. The molecule has 0 unspecified atom stereocenters. The van der Waals surface area contributed by atoms with E-state index in [1.165, 1.54) is 77.0 Å². The van der Waals surface area contributed by atoms with E-state index >= 15 is 0 Å². The second-order valence-electron chi connectivity index (χ2n) is 6.15. The number of oxime groups is 1. The molecule has 124 valence electrons. The monoisotopic (exact) mass is 295 g/mol. The van der Waals surface area contributed by atoms with Gasteiger partial charge in [-0.2, -0.15) is 0 Å². The normalized spacial score (nSPS) is 11.8. The lowest BCUT2D eigenvalue weighted by Gasteiger charge is -2.03. The van der Waals surface area contributed by atoms with Gasteiger partial charge in [0.1, 0.15) is 0 Å². The van der Waals surface area contributed by atoms with Gasteiger partial charge in [0.2, 0.25) is 0 Å². The maximum atomic E-state index is 8.79. The smallest absolute Gasteiger partial charge is 0.0608 e. The molecule has 2 nitrogen and oxygen atoms in total.